The van der Waals surface area contributed by atoms with E-state index in [0.717, 1.165) is 28.9 Å². The van der Waals surface area contributed by atoms with Gasteiger partial charge in [0.25, 0.3) is 0 Å². The summed E-state index contributed by atoms with van der Waals surface area (Å²) >= 11 is -1.48. The van der Waals surface area contributed by atoms with Crippen LogP contribution in [-0.2, 0) is 22.2 Å². The van der Waals surface area contributed by atoms with Gasteiger partial charge in [-0.15, -0.1) is 0 Å². The molecule has 0 aromatic rings. The molecule has 0 bridgehead atoms. The molecule has 2 unspecified atom stereocenters. The number of hydrogen-bond donors (Lipinski definition) is 1. The third kappa shape index (κ3) is 8.77. The molecular weight excluding hydrogens is 465 g/mol. The molecule has 0 aromatic carbocycles. The SMILES string of the molecule is C[SiH](C)[Ti+2]([NH]C(=O)C1CCCCCCCCCCC1)[CH]1CC2C=CC=CC2C1.[Cl-].[Cl-]. The summed E-state index contributed by atoms with van der Waals surface area (Å²) in [7, 11) is 0. The second kappa shape index (κ2) is 15.3. The van der Waals surface area contributed by atoms with Gasteiger partial charge >= 0.3 is 181 Å². The van der Waals surface area contributed by atoms with Crippen molar-refractivity contribution in [3.8, 4) is 0 Å². The summed E-state index contributed by atoms with van der Waals surface area (Å²) < 4.78 is 4.64. The first kappa shape index (κ1) is 28.5. The van der Waals surface area contributed by atoms with Crippen LogP contribution in [0.15, 0.2) is 24.3 Å². The Balaban J connectivity index is 0.00000225. The standard InChI is InChI=1S/C13H25NO.C9H11.C2H7Si.2ClH.Ti/c14-13(15)12-10-8-6-4-2-1-3-5-7-9-11-12;1-2-5-9-7-3-6-8(9)4-1;1-3-2;;;/h12H,1-11H2,(H2,14,15);1-5,8-9H,6-7H2;3H,1-2H3;2*1H;/q;;;;;+3/p-3. The number of nitrogens with one attached hydrogen (secondary N) is 1. The van der Waals surface area contributed by atoms with E-state index < -0.39 is 24.0 Å². The molecule has 0 aliphatic heterocycles. The monoisotopic (exact) mass is 506 g/mol. The molecule has 1 N–H and O–H groups in total. The normalized spacial score (nSPS) is 27.8. The van der Waals surface area contributed by atoms with E-state index in [0.29, 0.717) is 11.8 Å². The van der Waals surface area contributed by atoms with Crippen LogP contribution in [0.5, 0.6) is 0 Å². The molecule has 0 spiro atoms. The largest absolute Gasteiger partial charge is 1.00 e. The Labute approximate surface area is 205 Å². The average molecular weight is 507 g/mol. The zero-order chi connectivity index (χ0) is 19.8. The molecule has 171 valence electrons. The summed E-state index contributed by atoms with van der Waals surface area (Å²) in [4.78, 5) is 13.3. The zero-order valence-electron chi connectivity index (χ0n) is 19.1. The van der Waals surface area contributed by atoms with Gasteiger partial charge in [0.2, 0.25) is 0 Å². The summed E-state index contributed by atoms with van der Waals surface area (Å²) in [6.07, 6.45) is 26.4. The summed E-state index contributed by atoms with van der Waals surface area (Å²) in [5.74, 6) is 2.28. The van der Waals surface area contributed by atoms with Gasteiger partial charge in [-0.3, -0.25) is 0 Å². The maximum Gasteiger partial charge on any atom is -1.00 e. The van der Waals surface area contributed by atoms with Crippen LogP contribution in [0.4, 0.5) is 0 Å². The molecule has 3 aliphatic carbocycles. The quantitative estimate of drug-likeness (QED) is 0.552. The molecule has 0 aromatic heterocycles. The predicted octanol–water partition coefficient (Wildman–Crippen LogP) is 0.489. The van der Waals surface area contributed by atoms with Crippen LogP contribution >= 0.6 is 0 Å². The summed E-state index contributed by atoms with van der Waals surface area (Å²) in [6.45, 7) is 4.24. The molecular formula is C24H42Cl2NOSiTi. The summed E-state index contributed by atoms with van der Waals surface area (Å²) in [6, 6.07) is 0. The fraction of sp³-hybridized carbons (Fsp3) is 0.792. The number of halogens is 2. The molecule has 0 radical (unpaired) electrons. The number of carbonyl (C=O) groups excluding carboxylic acids is 1. The van der Waals surface area contributed by atoms with Crippen LogP contribution in [0.2, 0.25) is 17.3 Å². The van der Waals surface area contributed by atoms with Crippen molar-refractivity contribution in [1.29, 1.82) is 0 Å². The van der Waals surface area contributed by atoms with Crippen LogP contribution < -0.4 is 28.6 Å². The second-order valence-corrected chi connectivity index (χ2v) is 23.2. The van der Waals surface area contributed by atoms with Crippen molar-refractivity contribution < 1.29 is 47.0 Å². The van der Waals surface area contributed by atoms with E-state index in [9.17, 15) is 4.79 Å². The molecule has 0 saturated heterocycles. The van der Waals surface area contributed by atoms with Gasteiger partial charge in [-0.25, -0.2) is 0 Å². The van der Waals surface area contributed by atoms with Crippen molar-refractivity contribution in [1.82, 2.24) is 3.80 Å². The molecule has 2 nitrogen and oxygen atoms in total. The number of amides is 1. The van der Waals surface area contributed by atoms with Crippen molar-refractivity contribution in [3.05, 3.63) is 24.3 Å². The van der Waals surface area contributed by atoms with E-state index in [1.807, 2.05) is 0 Å². The van der Waals surface area contributed by atoms with Crippen molar-refractivity contribution >= 4 is 12.6 Å². The first-order chi connectivity index (χ1) is 13.6. The molecule has 2 fully saturated rings. The van der Waals surface area contributed by atoms with Crippen molar-refractivity contribution in [2.75, 3.05) is 0 Å². The van der Waals surface area contributed by atoms with Gasteiger partial charge in [-0.2, -0.15) is 0 Å². The molecule has 6 heteroatoms. The molecule has 2 atom stereocenters. The zero-order valence-corrected chi connectivity index (χ0v) is 23.3. The van der Waals surface area contributed by atoms with Crippen LogP contribution in [-0.4, -0.2) is 12.6 Å². The third-order valence-corrected chi connectivity index (χ3v) is 19.9. The minimum absolute atomic E-state index is 0. The van der Waals surface area contributed by atoms with Gasteiger partial charge in [0.1, 0.15) is 0 Å². The number of allylic oxidation sites excluding steroid dienone is 4. The Hall–Kier alpha value is 0.461. The maximum atomic E-state index is 13.3. The van der Waals surface area contributed by atoms with Crippen molar-refractivity contribution in [2.24, 2.45) is 17.8 Å². The fourth-order valence-electron chi connectivity index (χ4n) is 5.60. The van der Waals surface area contributed by atoms with E-state index in [1.54, 1.807) is 0 Å². The van der Waals surface area contributed by atoms with Crippen LogP contribution in [0.1, 0.15) is 83.5 Å². The number of carbonyl (C=O) groups is 1. The van der Waals surface area contributed by atoms with Gasteiger partial charge in [0.15, 0.2) is 0 Å². The number of hydrogen-bond acceptors (Lipinski definition) is 1. The Morgan fingerprint density at radius 2 is 1.23 bits per heavy atom. The molecule has 0 heterocycles. The van der Waals surface area contributed by atoms with Gasteiger partial charge in [0.05, 0.1) is 0 Å². The molecule has 1 amide bonds. The van der Waals surface area contributed by atoms with Gasteiger partial charge < -0.3 is 24.8 Å². The van der Waals surface area contributed by atoms with Crippen LogP contribution in [0.3, 0.4) is 0 Å². The van der Waals surface area contributed by atoms with Crippen molar-refractivity contribution in [2.45, 2.75) is 101 Å². The maximum absolute atomic E-state index is 13.3. The molecule has 30 heavy (non-hydrogen) atoms. The predicted molar refractivity (Wildman–Crippen MR) is 120 cm³/mol. The van der Waals surface area contributed by atoms with Crippen molar-refractivity contribution in [3.63, 3.8) is 0 Å². The Bertz CT molecular complexity index is 525. The van der Waals surface area contributed by atoms with Crippen LogP contribution in [0, 0.1) is 17.8 Å². The van der Waals surface area contributed by atoms with Gasteiger partial charge in [-0.05, 0) is 0 Å². The van der Waals surface area contributed by atoms with Gasteiger partial charge in [0, 0.05) is 0 Å². The summed E-state index contributed by atoms with van der Waals surface area (Å²) in [5, 5.41) is 0. The molecule has 3 rings (SSSR count). The first-order valence-corrected chi connectivity index (χ1v) is 19.4. The minimum Gasteiger partial charge on any atom is -1.00 e. The summed E-state index contributed by atoms with van der Waals surface area (Å²) in [5.41, 5.74) is 0. The number of fused-ring (bicyclic) bond motifs is 1. The smallest absolute Gasteiger partial charge is 1.00 e. The third-order valence-electron chi connectivity index (χ3n) is 7.30. The van der Waals surface area contributed by atoms with E-state index in [-0.39, 0.29) is 24.8 Å². The number of rotatable bonds is 4. The fourth-order valence-corrected chi connectivity index (χ4v) is 17.0. The Morgan fingerprint density at radius 3 is 1.67 bits per heavy atom. The Kier molecular flexibility index (Phi) is 14.6. The molecule has 2 saturated carbocycles. The first-order valence-electron chi connectivity index (χ1n) is 12.2. The second-order valence-electron chi connectivity index (χ2n) is 9.82. The van der Waals surface area contributed by atoms with E-state index in [1.165, 1.54) is 70.6 Å². The van der Waals surface area contributed by atoms with E-state index >= 15 is 0 Å². The minimum atomic E-state index is -1.48. The average Bonchev–Trinajstić information content (AvgIpc) is 3.09. The molecule has 3 aliphatic rings. The Morgan fingerprint density at radius 1 is 0.800 bits per heavy atom. The topological polar surface area (TPSA) is 29.1 Å². The van der Waals surface area contributed by atoms with E-state index in [2.05, 4.69) is 41.2 Å². The van der Waals surface area contributed by atoms with E-state index in [4.69, 9.17) is 0 Å². The van der Waals surface area contributed by atoms with Gasteiger partial charge in [-0.1, -0.05) is 0 Å². The van der Waals surface area contributed by atoms with Crippen LogP contribution in [0.25, 0.3) is 0 Å².